The number of nitrogens with two attached hydrogens (primary N) is 1. The Morgan fingerprint density at radius 3 is 2.65 bits per heavy atom. The predicted molar refractivity (Wildman–Crippen MR) is 83.2 cm³/mol. The molecule has 0 saturated carbocycles. The SMILES string of the molecule is NNC(c1ccc2c(c1)OCCCO2)c1ccc(Br)s1. The number of nitrogens with one attached hydrogen (secondary N) is 1. The van der Waals surface area contributed by atoms with E-state index in [0.29, 0.717) is 13.2 Å². The van der Waals surface area contributed by atoms with Gasteiger partial charge in [0.15, 0.2) is 11.5 Å². The number of ether oxygens (including phenoxy) is 2. The van der Waals surface area contributed by atoms with Gasteiger partial charge in [-0.25, -0.2) is 5.43 Å². The second kappa shape index (κ2) is 6.13. The lowest BCUT2D eigenvalue weighted by atomic mass is 10.1. The molecule has 1 aliphatic heterocycles. The van der Waals surface area contributed by atoms with E-state index >= 15 is 0 Å². The summed E-state index contributed by atoms with van der Waals surface area (Å²) in [6.45, 7) is 1.38. The summed E-state index contributed by atoms with van der Waals surface area (Å²) in [4.78, 5) is 1.15. The summed E-state index contributed by atoms with van der Waals surface area (Å²) in [6.07, 6.45) is 0.903. The minimum Gasteiger partial charge on any atom is -0.490 e. The molecule has 106 valence electrons. The monoisotopic (exact) mass is 354 g/mol. The molecule has 0 spiro atoms. The molecule has 1 aliphatic rings. The van der Waals surface area contributed by atoms with Gasteiger partial charge in [0.25, 0.3) is 0 Å². The first kappa shape index (κ1) is 13.9. The zero-order chi connectivity index (χ0) is 13.9. The first-order chi connectivity index (χ1) is 9.78. The standard InChI is InChI=1S/C14H15BrN2O2S/c15-13-5-4-12(20-13)14(17-16)9-2-3-10-11(8-9)19-7-1-6-18-10/h2-5,8,14,17H,1,6-7,16H2. The number of hydrogen-bond acceptors (Lipinski definition) is 5. The average Bonchev–Trinajstić information content (AvgIpc) is 2.75. The van der Waals surface area contributed by atoms with Gasteiger partial charge in [0, 0.05) is 11.3 Å². The molecule has 6 heteroatoms. The van der Waals surface area contributed by atoms with Crippen molar-refractivity contribution in [2.24, 2.45) is 5.84 Å². The Morgan fingerprint density at radius 1 is 1.15 bits per heavy atom. The number of halogens is 1. The second-order valence-electron chi connectivity index (χ2n) is 4.50. The van der Waals surface area contributed by atoms with E-state index in [1.54, 1.807) is 11.3 Å². The van der Waals surface area contributed by atoms with Crippen molar-refractivity contribution in [3.63, 3.8) is 0 Å². The van der Waals surface area contributed by atoms with Crippen LogP contribution in [0.15, 0.2) is 34.1 Å². The van der Waals surface area contributed by atoms with E-state index in [2.05, 4.69) is 27.4 Å². The van der Waals surface area contributed by atoms with Crippen LogP contribution in [0.1, 0.15) is 22.9 Å². The smallest absolute Gasteiger partial charge is 0.161 e. The Morgan fingerprint density at radius 2 is 1.95 bits per heavy atom. The van der Waals surface area contributed by atoms with Crippen LogP contribution < -0.4 is 20.7 Å². The highest BCUT2D eigenvalue weighted by molar-refractivity contribution is 9.11. The van der Waals surface area contributed by atoms with Gasteiger partial charge in [0.1, 0.15) is 0 Å². The molecule has 3 rings (SSSR count). The largest absolute Gasteiger partial charge is 0.490 e. The molecule has 0 amide bonds. The summed E-state index contributed by atoms with van der Waals surface area (Å²) in [6, 6.07) is 9.99. The van der Waals surface area contributed by atoms with Crippen molar-refractivity contribution in [1.82, 2.24) is 5.43 Å². The molecule has 1 aromatic heterocycles. The summed E-state index contributed by atoms with van der Waals surface area (Å²) in [5, 5.41) is 0. The van der Waals surface area contributed by atoms with Crippen LogP contribution in [-0.2, 0) is 0 Å². The number of hydrazine groups is 1. The number of benzene rings is 1. The molecule has 0 bridgehead atoms. The minimum atomic E-state index is -0.0524. The second-order valence-corrected chi connectivity index (χ2v) is 6.99. The van der Waals surface area contributed by atoms with Gasteiger partial charge in [-0.15, -0.1) is 11.3 Å². The molecular weight excluding hydrogens is 340 g/mol. The summed E-state index contributed by atoms with van der Waals surface area (Å²) >= 11 is 5.14. The zero-order valence-corrected chi connectivity index (χ0v) is 13.2. The number of rotatable bonds is 3. The van der Waals surface area contributed by atoms with E-state index in [4.69, 9.17) is 15.3 Å². The Hall–Kier alpha value is -1.08. The highest BCUT2D eigenvalue weighted by Gasteiger charge is 2.18. The Labute approximate surface area is 130 Å². The molecule has 0 saturated heterocycles. The van der Waals surface area contributed by atoms with E-state index in [-0.39, 0.29) is 6.04 Å². The third kappa shape index (κ3) is 2.83. The van der Waals surface area contributed by atoms with Crippen LogP contribution >= 0.6 is 27.3 Å². The minimum absolute atomic E-state index is 0.0524. The highest BCUT2D eigenvalue weighted by atomic mass is 79.9. The predicted octanol–water partition coefficient (Wildman–Crippen LogP) is 3.22. The molecular formula is C14H15BrN2O2S. The fourth-order valence-electron chi connectivity index (χ4n) is 2.19. The van der Waals surface area contributed by atoms with Gasteiger partial charge in [-0.2, -0.15) is 0 Å². The number of hydrogen-bond donors (Lipinski definition) is 2. The molecule has 2 aromatic rings. The molecule has 0 aliphatic carbocycles. The van der Waals surface area contributed by atoms with E-state index < -0.39 is 0 Å². The topological polar surface area (TPSA) is 56.5 Å². The van der Waals surface area contributed by atoms with Crippen LogP contribution in [0.4, 0.5) is 0 Å². The van der Waals surface area contributed by atoms with Gasteiger partial charge in [0.2, 0.25) is 0 Å². The van der Waals surface area contributed by atoms with Gasteiger partial charge in [-0.1, -0.05) is 6.07 Å². The summed E-state index contributed by atoms with van der Waals surface area (Å²) < 4.78 is 12.5. The average molecular weight is 355 g/mol. The fourth-order valence-corrected chi connectivity index (χ4v) is 3.70. The van der Waals surface area contributed by atoms with Crippen molar-refractivity contribution >= 4 is 27.3 Å². The Bertz CT molecular complexity index is 603. The molecule has 4 nitrogen and oxygen atoms in total. The third-order valence-electron chi connectivity index (χ3n) is 3.15. The van der Waals surface area contributed by atoms with Gasteiger partial charge < -0.3 is 9.47 Å². The molecule has 0 radical (unpaired) electrons. The quantitative estimate of drug-likeness (QED) is 0.656. The van der Waals surface area contributed by atoms with Gasteiger partial charge in [0.05, 0.1) is 23.0 Å². The summed E-state index contributed by atoms with van der Waals surface area (Å²) in [7, 11) is 0. The summed E-state index contributed by atoms with van der Waals surface area (Å²) in [5.41, 5.74) is 3.92. The third-order valence-corrected chi connectivity index (χ3v) is 4.84. The lowest BCUT2D eigenvalue weighted by molar-refractivity contribution is 0.297. The van der Waals surface area contributed by atoms with E-state index in [0.717, 1.165) is 32.1 Å². The molecule has 20 heavy (non-hydrogen) atoms. The van der Waals surface area contributed by atoms with E-state index in [1.807, 2.05) is 24.3 Å². The Balaban J connectivity index is 1.94. The maximum absolute atomic E-state index is 5.73. The number of fused-ring (bicyclic) bond motifs is 1. The van der Waals surface area contributed by atoms with Crippen molar-refractivity contribution < 1.29 is 9.47 Å². The first-order valence-electron chi connectivity index (χ1n) is 6.39. The van der Waals surface area contributed by atoms with E-state index in [1.165, 1.54) is 0 Å². The lowest BCUT2D eigenvalue weighted by Crippen LogP contribution is -2.28. The Kier molecular flexibility index (Phi) is 4.26. The maximum Gasteiger partial charge on any atom is 0.161 e. The van der Waals surface area contributed by atoms with Crippen molar-refractivity contribution in [2.75, 3.05) is 13.2 Å². The van der Waals surface area contributed by atoms with Gasteiger partial charge in [-0.3, -0.25) is 5.84 Å². The zero-order valence-electron chi connectivity index (χ0n) is 10.8. The normalized spacial score (nSPS) is 15.7. The van der Waals surface area contributed by atoms with Gasteiger partial charge in [-0.05, 0) is 45.8 Å². The van der Waals surface area contributed by atoms with Crippen LogP contribution in [-0.4, -0.2) is 13.2 Å². The summed E-state index contributed by atoms with van der Waals surface area (Å²) in [5.74, 6) is 7.31. The molecule has 3 N–H and O–H groups in total. The molecule has 0 fully saturated rings. The van der Waals surface area contributed by atoms with Crippen LogP contribution in [0, 0.1) is 0 Å². The van der Waals surface area contributed by atoms with E-state index in [9.17, 15) is 0 Å². The van der Waals surface area contributed by atoms with Crippen LogP contribution in [0.2, 0.25) is 0 Å². The van der Waals surface area contributed by atoms with Crippen LogP contribution in [0.3, 0.4) is 0 Å². The molecule has 1 aromatic carbocycles. The van der Waals surface area contributed by atoms with Crippen molar-refractivity contribution in [3.8, 4) is 11.5 Å². The first-order valence-corrected chi connectivity index (χ1v) is 8.00. The highest BCUT2D eigenvalue weighted by Crippen LogP contribution is 2.36. The maximum atomic E-state index is 5.73. The lowest BCUT2D eigenvalue weighted by Gasteiger charge is -2.16. The van der Waals surface area contributed by atoms with Gasteiger partial charge >= 0.3 is 0 Å². The molecule has 2 heterocycles. The van der Waals surface area contributed by atoms with Crippen molar-refractivity contribution in [2.45, 2.75) is 12.5 Å². The van der Waals surface area contributed by atoms with Crippen molar-refractivity contribution in [1.29, 1.82) is 0 Å². The van der Waals surface area contributed by atoms with Crippen molar-refractivity contribution in [3.05, 3.63) is 44.6 Å². The molecule has 1 atom stereocenters. The van der Waals surface area contributed by atoms with Crippen LogP contribution in [0.25, 0.3) is 0 Å². The molecule has 1 unspecified atom stereocenters. The number of thiophene rings is 1. The fraction of sp³-hybridized carbons (Fsp3) is 0.286. The van der Waals surface area contributed by atoms with Crippen LogP contribution in [0.5, 0.6) is 11.5 Å².